The van der Waals surface area contributed by atoms with Crippen LogP contribution < -0.4 is 14.4 Å². The number of ether oxygens (including phenoxy) is 2. The Kier molecular flexibility index (Phi) is 4.20. The zero-order valence-corrected chi connectivity index (χ0v) is 14.2. The number of hydrogen-bond donors (Lipinski definition) is 2. The molecular formula is C21H22NO3+. The van der Waals surface area contributed by atoms with E-state index in [1.165, 1.54) is 4.90 Å². The van der Waals surface area contributed by atoms with Crippen LogP contribution in [-0.2, 0) is 6.54 Å². The smallest absolute Gasteiger partial charge is 0.181 e. The van der Waals surface area contributed by atoms with E-state index in [1.54, 1.807) is 6.07 Å². The highest BCUT2D eigenvalue weighted by atomic mass is 16.6. The van der Waals surface area contributed by atoms with E-state index in [9.17, 15) is 5.11 Å². The maximum Gasteiger partial charge on any atom is 0.181 e. The fourth-order valence-corrected chi connectivity index (χ4v) is 3.44. The molecule has 3 aromatic carbocycles. The molecule has 0 aromatic heterocycles. The van der Waals surface area contributed by atoms with Crippen LogP contribution in [0.4, 0.5) is 0 Å². The predicted octanol–water partition coefficient (Wildman–Crippen LogP) is 2.40. The number of likely N-dealkylation sites (N-methyl/N-ethyl adjacent to an activating group) is 1. The van der Waals surface area contributed by atoms with Gasteiger partial charge >= 0.3 is 0 Å². The van der Waals surface area contributed by atoms with Crippen molar-refractivity contribution >= 4 is 10.8 Å². The zero-order chi connectivity index (χ0) is 17.2. The Hall–Kier alpha value is -2.72. The van der Waals surface area contributed by atoms with E-state index in [4.69, 9.17) is 9.47 Å². The van der Waals surface area contributed by atoms with Gasteiger partial charge in [-0.15, -0.1) is 0 Å². The second kappa shape index (κ2) is 6.65. The molecule has 0 saturated heterocycles. The van der Waals surface area contributed by atoms with E-state index in [1.807, 2.05) is 42.5 Å². The second-order valence-corrected chi connectivity index (χ2v) is 6.62. The summed E-state index contributed by atoms with van der Waals surface area (Å²) >= 11 is 0. The predicted molar refractivity (Wildman–Crippen MR) is 97.4 cm³/mol. The van der Waals surface area contributed by atoms with E-state index in [-0.39, 0.29) is 6.10 Å². The fourth-order valence-electron chi connectivity index (χ4n) is 3.44. The second-order valence-electron chi connectivity index (χ2n) is 6.62. The van der Waals surface area contributed by atoms with Crippen molar-refractivity contribution in [3.63, 3.8) is 0 Å². The highest BCUT2D eigenvalue weighted by molar-refractivity contribution is 5.87. The number of rotatable bonds is 4. The van der Waals surface area contributed by atoms with Crippen molar-refractivity contribution in [2.75, 3.05) is 20.2 Å². The third-order valence-electron chi connectivity index (χ3n) is 4.64. The van der Waals surface area contributed by atoms with E-state index in [0.717, 1.165) is 40.9 Å². The number of aromatic hydroxyl groups is 1. The molecule has 4 nitrogen and oxygen atoms in total. The van der Waals surface area contributed by atoms with Crippen molar-refractivity contribution in [1.29, 1.82) is 0 Å². The van der Waals surface area contributed by atoms with Gasteiger partial charge in [-0.1, -0.05) is 42.5 Å². The average Bonchev–Trinajstić information content (AvgIpc) is 2.64. The zero-order valence-electron chi connectivity index (χ0n) is 14.2. The Bertz CT molecular complexity index is 893. The Labute approximate surface area is 147 Å². The van der Waals surface area contributed by atoms with Gasteiger partial charge in [-0.2, -0.15) is 0 Å². The first-order valence-corrected chi connectivity index (χ1v) is 8.60. The largest absolute Gasteiger partial charge is 0.507 e. The molecule has 1 aliphatic rings. The van der Waals surface area contributed by atoms with Crippen LogP contribution >= 0.6 is 0 Å². The van der Waals surface area contributed by atoms with Gasteiger partial charge in [0.15, 0.2) is 17.6 Å². The lowest BCUT2D eigenvalue weighted by molar-refractivity contribution is -0.896. The molecule has 0 radical (unpaired) electrons. The number of phenolic OH excluding ortho intramolecular Hbond substituents is 1. The molecule has 0 fully saturated rings. The van der Waals surface area contributed by atoms with Crippen molar-refractivity contribution in [3.8, 4) is 17.2 Å². The molecule has 25 heavy (non-hydrogen) atoms. The van der Waals surface area contributed by atoms with Crippen LogP contribution in [0.3, 0.4) is 0 Å². The fraction of sp³-hybridized carbons (Fsp3) is 0.238. The topological polar surface area (TPSA) is 43.1 Å². The van der Waals surface area contributed by atoms with Gasteiger partial charge in [0.25, 0.3) is 0 Å². The number of nitrogens with one attached hydrogen (secondary N) is 1. The van der Waals surface area contributed by atoms with Crippen molar-refractivity contribution in [3.05, 3.63) is 66.2 Å². The molecule has 0 aliphatic carbocycles. The average molecular weight is 336 g/mol. The van der Waals surface area contributed by atoms with Crippen LogP contribution in [0.25, 0.3) is 10.8 Å². The number of para-hydroxylation sites is 2. The van der Waals surface area contributed by atoms with Crippen LogP contribution in [0.1, 0.15) is 5.56 Å². The van der Waals surface area contributed by atoms with Crippen molar-refractivity contribution in [1.82, 2.24) is 0 Å². The van der Waals surface area contributed by atoms with Gasteiger partial charge in [-0.3, -0.25) is 0 Å². The van der Waals surface area contributed by atoms with Gasteiger partial charge in [-0.25, -0.2) is 0 Å². The minimum atomic E-state index is 0.00650. The monoisotopic (exact) mass is 336 g/mol. The van der Waals surface area contributed by atoms with Gasteiger partial charge in [0.05, 0.1) is 12.6 Å². The summed E-state index contributed by atoms with van der Waals surface area (Å²) < 4.78 is 11.8. The first kappa shape index (κ1) is 15.8. The number of quaternary nitrogens is 1. The van der Waals surface area contributed by atoms with Crippen LogP contribution in [0, 0.1) is 0 Å². The molecule has 0 saturated carbocycles. The van der Waals surface area contributed by atoms with Gasteiger partial charge < -0.3 is 19.5 Å². The highest BCUT2D eigenvalue weighted by Crippen LogP contribution is 2.30. The number of phenols is 1. The molecule has 1 heterocycles. The Morgan fingerprint density at radius 1 is 1.00 bits per heavy atom. The van der Waals surface area contributed by atoms with Crippen LogP contribution in [0.15, 0.2) is 60.7 Å². The maximum absolute atomic E-state index is 10.3. The molecule has 4 heteroatoms. The molecule has 0 bridgehead atoms. The van der Waals surface area contributed by atoms with E-state index in [2.05, 4.69) is 19.2 Å². The maximum atomic E-state index is 10.3. The molecule has 128 valence electrons. The van der Waals surface area contributed by atoms with E-state index >= 15 is 0 Å². The van der Waals surface area contributed by atoms with Crippen LogP contribution in [0.2, 0.25) is 0 Å². The summed E-state index contributed by atoms with van der Waals surface area (Å²) in [5.41, 5.74) is 0.979. The summed E-state index contributed by atoms with van der Waals surface area (Å²) in [5.74, 6) is 1.96. The molecule has 1 unspecified atom stereocenters. The summed E-state index contributed by atoms with van der Waals surface area (Å²) in [6.07, 6.45) is 0.00650. The minimum Gasteiger partial charge on any atom is -0.507 e. The third-order valence-corrected chi connectivity index (χ3v) is 4.64. The summed E-state index contributed by atoms with van der Waals surface area (Å²) in [6, 6.07) is 19.7. The van der Waals surface area contributed by atoms with Gasteiger partial charge in [0, 0.05) is 0 Å². The Balaban J connectivity index is 1.48. The summed E-state index contributed by atoms with van der Waals surface area (Å²) in [4.78, 5) is 1.26. The summed E-state index contributed by atoms with van der Waals surface area (Å²) in [5, 5.41) is 12.6. The lowest BCUT2D eigenvalue weighted by Gasteiger charge is -2.28. The number of fused-ring (bicyclic) bond motifs is 2. The Morgan fingerprint density at radius 3 is 2.64 bits per heavy atom. The molecule has 2 atom stereocenters. The van der Waals surface area contributed by atoms with Gasteiger partial charge in [0.1, 0.15) is 25.4 Å². The molecule has 0 spiro atoms. The first-order valence-electron chi connectivity index (χ1n) is 8.60. The third kappa shape index (κ3) is 3.26. The molecular weight excluding hydrogens is 314 g/mol. The minimum absolute atomic E-state index is 0.00650. The summed E-state index contributed by atoms with van der Waals surface area (Å²) in [6.45, 7) is 2.08. The molecule has 4 rings (SSSR count). The molecule has 1 aliphatic heterocycles. The first-order chi connectivity index (χ1) is 12.2. The molecule has 2 N–H and O–H groups in total. The van der Waals surface area contributed by atoms with Gasteiger partial charge in [0.2, 0.25) is 0 Å². The lowest BCUT2D eigenvalue weighted by atomic mass is 10.0. The molecule has 0 amide bonds. The SMILES string of the molecule is C[NH+](Cc1c(O)ccc2ccccc12)C[C@H]1COc2ccccc2O1. The quantitative estimate of drug-likeness (QED) is 0.769. The number of benzene rings is 3. The highest BCUT2D eigenvalue weighted by Gasteiger charge is 2.24. The van der Waals surface area contributed by atoms with Crippen molar-refractivity contribution in [2.24, 2.45) is 0 Å². The van der Waals surface area contributed by atoms with E-state index < -0.39 is 0 Å². The Morgan fingerprint density at radius 2 is 1.76 bits per heavy atom. The normalized spacial score (nSPS) is 17.4. The van der Waals surface area contributed by atoms with E-state index in [0.29, 0.717) is 12.4 Å². The van der Waals surface area contributed by atoms with Gasteiger partial charge in [-0.05, 0) is 29.0 Å². The van der Waals surface area contributed by atoms with Crippen molar-refractivity contribution < 1.29 is 19.5 Å². The lowest BCUT2D eigenvalue weighted by Crippen LogP contribution is -3.09. The number of hydrogen-bond acceptors (Lipinski definition) is 3. The van der Waals surface area contributed by atoms with Crippen LogP contribution in [-0.4, -0.2) is 31.4 Å². The standard InChI is InChI=1S/C21H21NO3/c1-22(12-16-14-24-20-8-4-5-9-21(20)25-16)13-18-17-7-3-2-6-15(17)10-11-19(18)23/h2-11,16,23H,12-14H2,1H3/p+1/t16-/m0/s1. The van der Waals surface area contributed by atoms with Crippen molar-refractivity contribution in [2.45, 2.75) is 12.6 Å². The molecule has 3 aromatic rings. The van der Waals surface area contributed by atoms with Crippen LogP contribution in [0.5, 0.6) is 17.2 Å². The summed E-state index contributed by atoms with van der Waals surface area (Å²) in [7, 11) is 2.12.